The lowest BCUT2D eigenvalue weighted by atomic mass is 9.99. The van der Waals surface area contributed by atoms with Gasteiger partial charge in [-0.3, -0.25) is 0 Å². The molecule has 2 N–H and O–H groups in total. The van der Waals surface area contributed by atoms with E-state index in [1.54, 1.807) is 0 Å². The Morgan fingerprint density at radius 2 is 2.06 bits per heavy atom. The highest BCUT2D eigenvalue weighted by atomic mass is 15.2. The minimum Gasteiger partial charge on any atom is -0.357 e. The molecular weight excluding hydrogens is 210 g/mol. The summed E-state index contributed by atoms with van der Waals surface area (Å²) in [7, 11) is 0. The Morgan fingerprint density at radius 3 is 2.65 bits per heavy atom. The van der Waals surface area contributed by atoms with Crippen molar-refractivity contribution < 1.29 is 0 Å². The summed E-state index contributed by atoms with van der Waals surface area (Å²) in [4.78, 5) is 7.12. The number of pyridine rings is 1. The fourth-order valence-corrected chi connectivity index (χ4v) is 2.33. The van der Waals surface area contributed by atoms with Crippen LogP contribution in [-0.2, 0) is 13.0 Å². The molecule has 1 saturated heterocycles. The highest BCUT2D eigenvalue weighted by Gasteiger charge is 2.17. The van der Waals surface area contributed by atoms with Gasteiger partial charge < -0.3 is 10.6 Å². The maximum atomic E-state index is 5.75. The van der Waals surface area contributed by atoms with E-state index in [4.69, 9.17) is 10.7 Å². The second-order valence-corrected chi connectivity index (χ2v) is 5.05. The summed E-state index contributed by atoms with van der Waals surface area (Å²) in [5.74, 6) is 1.98. The Kier molecular flexibility index (Phi) is 4.00. The second-order valence-electron chi connectivity index (χ2n) is 5.05. The van der Waals surface area contributed by atoms with Crippen LogP contribution >= 0.6 is 0 Å². The summed E-state index contributed by atoms with van der Waals surface area (Å²) in [5.41, 5.74) is 8.10. The van der Waals surface area contributed by atoms with Gasteiger partial charge in [0, 0.05) is 25.3 Å². The zero-order valence-corrected chi connectivity index (χ0v) is 10.9. The summed E-state index contributed by atoms with van der Waals surface area (Å²) in [6.07, 6.45) is 3.52. The van der Waals surface area contributed by atoms with Gasteiger partial charge in [0.25, 0.3) is 0 Å². The molecule has 0 radical (unpaired) electrons. The van der Waals surface area contributed by atoms with Crippen molar-refractivity contribution in [2.45, 2.75) is 39.7 Å². The van der Waals surface area contributed by atoms with Crippen molar-refractivity contribution >= 4 is 5.82 Å². The lowest BCUT2D eigenvalue weighted by Gasteiger charge is -2.31. The topological polar surface area (TPSA) is 42.1 Å². The maximum absolute atomic E-state index is 5.75. The molecule has 3 nitrogen and oxygen atoms in total. The normalized spacial score (nSPS) is 17.5. The van der Waals surface area contributed by atoms with Crippen molar-refractivity contribution in [3.8, 4) is 0 Å². The summed E-state index contributed by atoms with van der Waals surface area (Å²) in [6.45, 7) is 7.34. The minimum atomic E-state index is 0.604. The van der Waals surface area contributed by atoms with Gasteiger partial charge >= 0.3 is 0 Å². The molecule has 0 atom stereocenters. The Morgan fingerprint density at radius 1 is 1.35 bits per heavy atom. The third kappa shape index (κ3) is 2.97. The molecule has 0 saturated carbocycles. The fraction of sp³-hybridized carbons (Fsp3) is 0.643. The smallest absolute Gasteiger partial charge is 0.129 e. The van der Waals surface area contributed by atoms with Gasteiger partial charge in [-0.25, -0.2) is 4.98 Å². The fourth-order valence-electron chi connectivity index (χ4n) is 2.33. The number of hydrogen-bond donors (Lipinski definition) is 1. The summed E-state index contributed by atoms with van der Waals surface area (Å²) < 4.78 is 0. The van der Waals surface area contributed by atoms with Crippen LogP contribution in [0.3, 0.4) is 0 Å². The van der Waals surface area contributed by atoms with Gasteiger partial charge in [-0.2, -0.15) is 0 Å². The van der Waals surface area contributed by atoms with Crippen LogP contribution in [0.5, 0.6) is 0 Å². The SMILES string of the molecule is CCc1cc(CN)cc(N2CCC(C)CC2)n1. The van der Waals surface area contributed by atoms with Crippen molar-refractivity contribution in [3.05, 3.63) is 23.4 Å². The molecule has 1 aliphatic heterocycles. The molecule has 3 heteroatoms. The third-order valence-corrected chi connectivity index (χ3v) is 3.63. The Balaban J connectivity index is 2.19. The highest BCUT2D eigenvalue weighted by molar-refractivity contribution is 5.43. The minimum absolute atomic E-state index is 0.604. The zero-order valence-electron chi connectivity index (χ0n) is 10.9. The Hall–Kier alpha value is -1.09. The van der Waals surface area contributed by atoms with E-state index in [1.165, 1.54) is 18.4 Å². The summed E-state index contributed by atoms with van der Waals surface area (Å²) in [5, 5.41) is 0. The lowest BCUT2D eigenvalue weighted by molar-refractivity contribution is 0.436. The molecule has 17 heavy (non-hydrogen) atoms. The molecule has 1 aromatic heterocycles. The van der Waals surface area contributed by atoms with Gasteiger partial charge in [0.05, 0.1) is 0 Å². The Labute approximate surface area is 104 Å². The average molecular weight is 233 g/mol. The maximum Gasteiger partial charge on any atom is 0.129 e. The molecule has 0 unspecified atom stereocenters. The number of hydrogen-bond acceptors (Lipinski definition) is 3. The average Bonchev–Trinajstić information content (AvgIpc) is 2.39. The first-order valence-corrected chi connectivity index (χ1v) is 6.67. The molecular formula is C14H23N3. The number of anilines is 1. The first-order valence-electron chi connectivity index (χ1n) is 6.67. The number of piperidine rings is 1. The van der Waals surface area contributed by atoms with Crippen LogP contribution in [0.25, 0.3) is 0 Å². The summed E-state index contributed by atoms with van der Waals surface area (Å²) in [6, 6.07) is 4.27. The van der Waals surface area contributed by atoms with Crippen LogP contribution < -0.4 is 10.6 Å². The Bertz CT molecular complexity index is 345. The highest BCUT2D eigenvalue weighted by Crippen LogP contribution is 2.22. The molecule has 0 aliphatic carbocycles. The molecule has 1 fully saturated rings. The van der Waals surface area contributed by atoms with E-state index in [0.717, 1.165) is 36.9 Å². The van der Waals surface area contributed by atoms with Gasteiger partial charge in [-0.15, -0.1) is 0 Å². The van der Waals surface area contributed by atoms with Gasteiger partial charge in [-0.1, -0.05) is 13.8 Å². The molecule has 0 amide bonds. The van der Waals surface area contributed by atoms with E-state index in [0.29, 0.717) is 6.54 Å². The molecule has 0 bridgehead atoms. The first-order chi connectivity index (χ1) is 8.22. The monoisotopic (exact) mass is 233 g/mol. The van der Waals surface area contributed by atoms with Crippen LogP contribution in [-0.4, -0.2) is 18.1 Å². The van der Waals surface area contributed by atoms with E-state index >= 15 is 0 Å². The van der Waals surface area contributed by atoms with Crippen LogP contribution in [0.15, 0.2) is 12.1 Å². The zero-order chi connectivity index (χ0) is 12.3. The third-order valence-electron chi connectivity index (χ3n) is 3.63. The molecule has 0 aromatic carbocycles. The van der Waals surface area contributed by atoms with Gasteiger partial charge in [0.15, 0.2) is 0 Å². The summed E-state index contributed by atoms with van der Waals surface area (Å²) >= 11 is 0. The molecule has 1 aliphatic rings. The van der Waals surface area contributed by atoms with E-state index < -0.39 is 0 Å². The van der Waals surface area contributed by atoms with Gasteiger partial charge in [0.2, 0.25) is 0 Å². The number of nitrogens with two attached hydrogens (primary N) is 1. The molecule has 94 valence electrons. The van der Waals surface area contributed by atoms with Crippen LogP contribution in [0.2, 0.25) is 0 Å². The van der Waals surface area contributed by atoms with Crippen molar-refractivity contribution in [2.75, 3.05) is 18.0 Å². The van der Waals surface area contributed by atoms with Crippen LogP contribution in [0.1, 0.15) is 37.9 Å². The van der Waals surface area contributed by atoms with Crippen molar-refractivity contribution in [3.63, 3.8) is 0 Å². The molecule has 2 rings (SSSR count). The number of rotatable bonds is 3. The van der Waals surface area contributed by atoms with Crippen molar-refractivity contribution in [1.29, 1.82) is 0 Å². The van der Waals surface area contributed by atoms with E-state index in [9.17, 15) is 0 Å². The van der Waals surface area contributed by atoms with Crippen molar-refractivity contribution in [2.24, 2.45) is 11.7 Å². The lowest BCUT2D eigenvalue weighted by Crippen LogP contribution is -2.33. The van der Waals surface area contributed by atoms with Crippen LogP contribution in [0, 0.1) is 5.92 Å². The van der Waals surface area contributed by atoms with Gasteiger partial charge in [0.1, 0.15) is 5.82 Å². The van der Waals surface area contributed by atoms with Crippen molar-refractivity contribution in [1.82, 2.24) is 4.98 Å². The van der Waals surface area contributed by atoms with E-state index in [-0.39, 0.29) is 0 Å². The van der Waals surface area contributed by atoms with E-state index in [2.05, 4.69) is 30.9 Å². The van der Waals surface area contributed by atoms with Crippen LogP contribution in [0.4, 0.5) is 5.82 Å². The molecule has 1 aromatic rings. The number of aryl methyl sites for hydroxylation is 1. The quantitative estimate of drug-likeness (QED) is 0.871. The largest absolute Gasteiger partial charge is 0.357 e. The predicted molar refractivity (Wildman–Crippen MR) is 72.1 cm³/mol. The predicted octanol–water partition coefficient (Wildman–Crippen LogP) is 2.34. The number of aromatic nitrogens is 1. The first kappa shape index (κ1) is 12.4. The number of nitrogens with zero attached hydrogens (tertiary/aromatic N) is 2. The second kappa shape index (κ2) is 5.50. The van der Waals surface area contributed by atoms with Gasteiger partial charge in [-0.05, 0) is 42.9 Å². The molecule has 0 spiro atoms. The molecule has 2 heterocycles. The van der Waals surface area contributed by atoms with E-state index in [1.807, 2.05) is 0 Å². The standard InChI is InChI=1S/C14H23N3/c1-3-13-8-12(10-15)9-14(16-13)17-6-4-11(2)5-7-17/h8-9,11H,3-7,10,15H2,1-2H3.